The number of hydrogen-bond acceptors (Lipinski definition) is 2. The van der Waals surface area contributed by atoms with Crippen LogP contribution in [-0.2, 0) is 0 Å². The van der Waals surface area contributed by atoms with Crippen molar-refractivity contribution in [2.75, 3.05) is 19.6 Å². The van der Waals surface area contributed by atoms with Gasteiger partial charge in [0.25, 0.3) is 5.91 Å². The van der Waals surface area contributed by atoms with Crippen LogP contribution in [0.15, 0.2) is 22.7 Å². The third kappa shape index (κ3) is 3.22. The van der Waals surface area contributed by atoms with Gasteiger partial charge in [-0.2, -0.15) is 0 Å². The maximum absolute atomic E-state index is 13.0. The number of rotatable bonds is 1. The minimum absolute atomic E-state index is 0. The van der Waals surface area contributed by atoms with Gasteiger partial charge in [-0.3, -0.25) is 4.79 Å². The van der Waals surface area contributed by atoms with Gasteiger partial charge in [0.1, 0.15) is 5.82 Å². The highest BCUT2D eigenvalue weighted by Gasteiger charge is 2.25. The predicted octanol–water partition coefficient (Wildman–Crippen LogP) is 2.44. The Labute approximate surface area is 120 Å². The first kappa shape index (κ1) is 15.4. The molecule has 1 aliphatic heterocycles. The molecule has 18 heavy (non-hydrogen) atoms. The molecule has 1 aromatic carbocycles. The Bertz CT molecular complexity index is 444. The van der Waals surface area contributed by atoms with Crippen LogP contribution in [0.4, 0.5) is 4.39 Å². The summed E-state index contributed by atoms with van der Waals surface area (Å²) in [6.45, 7) is 4.28. The lowest BCUT2D eigenvalue weighted by atomic mass is 10.1. The first-order valence-electron chi connectivity index (χ1n) is 5.56. The maximum atomic E-state index is 13.0. The molecular formula is C12H15BrClFN2O. The van der Waals surface area contributed by atoms with E-state index in [2.05, 4.69) is 21.2 Å². The van der Waals surface area contributed by atoms with E-state index in [4.69, 9.17) is 0 Å². The Morgan fingerprint density at radius 3 is 2.89 bits per heavy atom. The SMILES string of the molecule is C[C@H]1CNCCN1C(=O)c1ccc(F)cc1Br.Cl. The quantitative estimate of drug-likeness (QED) is 0.854. The van der Waals surface area contributed by atoms with Crippen LogP contribution in [0.2, 0.25) is 0 Å². The fourth-order valence-electron chi connectivity index (χ4n) is 1.96. The molecule has 0 aliphatic carbocycles. The molecule has 0 unspecified atom stereocenters. The first-order chi connectivity index (χ1) is 8.09. The van der Waals surface area contributed by atoms with Crippen molar-refractivity contribution in [3.63, 3.8) is 0 Å². The van der Waals surface area contributed by atoms with E-state index in [0.29, 0.717) is 16.6 Å². The van der Waals surface area contributed by atoms with Crippen molar-refractivity contribution in [2.24, 2.45) is 0 Å². The molecule has 1 amide bonds. The summed E-state index contributed by atoms with van der Waals surface area (Å²) in [4.78, 5) is 14.1. The number of nitrogens with one attached hydrogen (secondary N) is 1. The molecular weight excluding hydrogens is 322 g/mol. The summed E-state index contributed by atoms with van der Waals surface area (Å²) >= 11 is 3.23. The lowest BCUT2D eigenvalue weighted by molar-refractivity contribution is 0.0655. The van der Waals surface area contributed by atoms with Gasteiger partial charge in [0.15, 0.2) is 0 Å². The minimum Gasteiger partial charge on any atom is -0.333 e. The lowest BCUT2D eigenvalue weighted by Crippen LogP contribution is -2.52. The second-order valence-electron chi connectivity index (χ2n) is 4.18. The zero-order valence-electron chi connectivity index (χ0n) is 9.95. The molecule has 3 nitrogen and oxygen atoms in total. The fourth-order valence-corrected chi connectivity index (χ4v) is 2.48. The molecule has 1 aliphatic rings. The second-order valence-corrected chi connectivity index (χ2v) is 5.03. The molecule has 2 rings (SSSR count). The average Bonchev–Trinajstić information content (AvgIpc) is 2.29. The van der Waals surface area contributed by atoms with Gasteiger partial charge in [0.05, 0.1) is 5.56 Å². The van der Waals surface area contributed by atoms with Crippen LogP contribution in [0.5, 0.6) is 0 Å². The summed E-state index contributed by atoms with van der Waals surface area (Å²) in [5, 5.41) is 3.23. The highest BCUT2D eigenvalue weighted by Crippen LogP contribution is 2.21. The second kappa shape index (κ2) is 6.50. The van der Waals surface area contributed by atoms with Crippen molar-refractivity contribution in [1.82, 2.24) is 10.2 Å². The third-order valence-corrected chi connectivity index (χ3v) is 3.58. The van der Waals surface area contributed by atoms with Gasteiger partial charge < -0.3 is 10.2 Å². The summed E-state index contributed by atoms with van der Waals surface area (Å²) in [5.74, 6) is -0.396. The molecule has 1 atom stereocenters. The van der Waals surface area contributed by atoms with Gasteiger partial charge in [-0.25, -0.2) is 4.39 Å². The number of hydrogen-bond donors (Lipinski definition) is 1. The van der Waals surface area contributed by atoms with E-state index in [1.165, 1.54) is 18.2 Å². The number of carbonyl (C=O) groups excluding carboxylic acids is 1. The van der Waals surface area contributed by atoms with E-state index >= 15 is 0 Å². The first-order valence-corrected chi connectivity index (χ1v) is 6.35. The van der Waals surface area contributed by atoms with E-state index in [1.54, 1.807) is 0 Å². The van der Waals surface area contributed by atoms with Crippen molar-refractivity contribution in [2.45, 2.75) is 13.0 Å². The molecule has 1 fully saturated rings. The number of benzene rings is 1. The minimum atomic E-state index is -0.346. The Hall–Kier alpha value is -0.650. The van der Waals surface area contributed by atoms with Crippen molar-refractivity contribution >= 4 is 34.2 Å². The molecule has 6 heteroatoms. The van der Waals surface area contributed by atoms with Crippen LogP contribution in [0, 0.1) is 5.82 Å². The molecule has 0 bridgehead atoms. The van der Waals surface area contributed by atoms with Crippen molar-refractivity contribution in [3.05, 3.63) is 34.1 Å². The Kier molecular flexibility index (Phi) is 5.56. The summed E-state index contributed by atoms with van der Waals surface area (Å²) in [6, 6.07) is 4.31. The van der Waals surface area contributed by atoms with Crippen LogP contribution in [0.25, 0.3) is 0 Å². The monoisotopic (exact) mass is 336 g/mol. The van der Waals surface area contributed by atoms with Gasteiger partial charge in [-0.05, 0) is 41.1 Å². The van der Waals surface area contributed by atoms with Crippen LogP contribution in [-0.4, -0.2) is 36.5 Å². The molecule has 0 spiro atoms. The summed E-state index contributed by atoms with van der Waals surface area (Å²) in [5.41, 5.74) is 0.514. The number of piperazine rings is 1. The van der Waals surface area contributed by atoms with Crippen molar-refractivity contribution in [3.8, 4) is 0 Å². The molecule has 1 aromatic rings. The Morgan fingerprint density at radius 2 is 2.28 bits per heavy atom. The van der Waals surface area contributed by atoms with Gasteiger partial charge in [-0.1, -0.05) is 0 Å². The highest BCUT2D eigenvalue weighted by atomic mass is 79.9. The summed E-state index contributed by atoms with van der Waals surface area (Å²) in [7, 11) is 0. The third-order valence-electron chi connectivity index (χ3n) is 2.92. The molecule has 0 radical (unpaired) electrons. The van der Waals surface area contributed by atoms with Gasteiger partial charge in [-0.15, -0.1) is 12.4 Å². The largest absolute Gasteiger partial charge is 0.333 e. The molecule has 0 saturated carbocycles. The zero-order chi connectivity index (χ0) is 12.4. The maximum Gasteiger partial charge on any atom is 0.255 e. The van der Waals surface area contributed by atoms with Gasteiger partial charge in [0, 0.05) is 30.1 Å². The summed E-state index contributed by atoms with van der Waals surface area (Å²) in [6.07, 6.45) is 0. The van der Waals surface area contributed by atoms with Crippen LogP contribution < -0.4 is 5.32 Å². The normalized spacial score (nSPS) is 19.3. The van der Waals surface area contributed by atoms with E-state index < -0.39 is 0 Å². The number of nitrogens with zero attached hydrogens (tertiary/aromatic N) is 1. The topological polar surface area (TPSA) is 32.3 Å². The molecule has 1 N–H and O–H groups in total. The Morgan fingerprint density at radius 1 is 1.56 bits per heavy atom. The lowest BCUT2D eigenvalue weighted by Gasteiger charge is -2.34. The van der Waals surface area contributed by atoms with Crippen LogP contribution in [0.1, 0.15) is 17.3 Å². The van der Waals surface area contributed by atoms with Crippen LogP contribution in [0.3, 0.4) is 0 Å². The predicted molar refractivity (Wildman–Crippen MR) is 74.7 cm³/mol. The number of halogens is 3. The molecule has 1 heterocycles. The number of amides is 1. The fraction of sp³-hybridized carbons (Fsp3) is 0.417. The summed E-state index contributed by atoms with van der Waals surface area (Å²) < 4.78 is 13.5. The van der Waals surface area contributed by atoms with Crippen molar-refractivity contribution in [1.29, 1.82) is 0 Å². The number of carbonyl (C=O) groups is 1. The van der Waals surface area contributed by atoms with Gasteiger partial charge in [0.2, 0.25) is 0 Å². The molecule has 100 valence electrons. The van der Waals surface area contributed by atoms with Crippen molar-refractivity contribution < 1.29 is 9.18 Å². The smallest absolute Gasteiger partial charge is 0.255 e. The zero-order valence-corrected chi connectivity index (χ0v) is 12.4. The van der Waals surface area contributed by atoms with Crippen LogP contribution >= 0.6 is 28.3 Å². The molecule has 1 saturated heterocycles. The molecule has 0 aromatic heterocycles. The van der Waals surface area contributed by atoms with E-state index in [1.807, 2.05) is 11.8 Å². The van der Waals surface area contributed by atoms with E-state index in [-0.39, 0.29) is 30.2 Å². The van der Waals surface area contributed by atoms with Gasteiger partial charge >= 0.3 is 0 Å². The highest BCUT2D eigenvalue weighted by molar-refractivity contribution is 9.10. The standard InChI is InChI=1S/C12H14BrFN2O.ClH/c1-8-7-15-4-5-16(8)12(17)10-3-2-9(14)6-11(10)13;/h2-3,6,8,15H,4-5,7H2,1H3;1H/t8-;/m0./s1. The Balaban J connectivity index is 0.00000162. The average molecular weight is 338 g/mol. The van der Waals surface area contributed by atoms with E-state index in [0.717, 1.165) is 13.1 Å². The van der Waals surface area contributed by atoms with E-state index in [9.17, 15) is 9.18 Å².